The molecule has 1 rings (SSSR count). The Labute approximate surface area is 118 Å². The summed E-state index contributed by atoms with van der Waals surface area (Å²) >= 11 is 0. The van der Waals surface area contributed by atoms with Crippen molar-refractivity contribution in [1.29, 1.82) is 0 Å². The van der Waals surface area contributed by atoms with Gasteiger partial charge in [0.15, 0.2) is 0 Å². The van der Waals surface area contributed by atoms with Crippen LogP contribution in [-0.2, 0) is 10.0 Å². The summed E-state index contributed by atoms with van der Waals surface area (Å²) in [6, 6.07) is 0. The maximum Gasteiger partial charge on any atom is 0.214 e. The van der Waals surface area contributed by atoms with E-state index >= 15 is 0 Å². The van der Waals surface area contributed by atoms with Crippen LogP contribution in [0.1, 0.15) is 59.3 Å². The highest BCUT2D eigenvalue weighted by Gasteiger charge is 2.43. The van der Waals surface area contributed by atoms with Gasteiger partial charge in [-0.3, -0.25) is 0 Å². The zero-order valence-corrected chi connectivity index (χ0v) is 13.5. The van der Waals surface area contributed by atoms with Crippen LogP contribution >= 0.6 is 0 Å². The van der Waals surface area contributed by atoms with Crippen molar-refractivity contribution in [2.45, 2.75) is 64.8 Å². The van der Waals surface area contributed by atoms with Crippen molar-refractivity contribution in [1.82, 2.24) is 4.31 Å². The molecule has 0 aromatic heterocycles. The van der Waals surface area contributed by atoms with E-state index in [4.69, 9.17) is 5.73 Å². The largest absolute Gasteiger partial charge is 0.329 e. The van der Waals surface area contributed by atoms with Crippen LogP contribution in [-0.4, -0.2) is 37.1 Å². The maximum atomic E-state index is 12.5. The molecule has 0 saturated heterocycles. The smallest absolute Gasteiger partial charge is 0.214 e. The van der Waals surface area contributed by atoms with Gasteiger partial charge in [0, 0.05) is 18.6 Å². The molecule has 0 heterocycles. The number of likely N-dealkylation sites (N-methyl/N-ethyl adjacent to an activating group) is 1. The number of hydrogen-bond donors (Lipinski definition) is 1. The zero-order chi connectivity index (χ0) is 14.5. The first kappa shape index (κ1) is 16.9. The van der Waals surface area contributed by atoms with Crippen molar-refractivity contribution in [3.05, 3.63) is 0 Å². The van der Waals surface area contributed by atoms with Crippen molar-refractivity contribution in [3.8, 4) is 0 Å². The van der Waals surface area contributed by atoms with Crippen molar-refractivity contribution in [2.24, 2.45) is 11.7 Å². The van der Waals surface area contributed by atoms with Crippen molar-refractivity contribution in [3.63, 3.8) is 0 Å². The Hall–Kier alpha value is -0.130. The zero-order valence-electron chi connectivity index (χ0n) is 12.7. The lowest BCUT2D eigenvalue weighted by Gasteiger charge is -2.46. The van der Waals surface area contributed by atoms with E-state index in [2.05, 4.69) is 6.92 Å². The highest BCUT2D eigenvalue weighted by Crippen LogP contribution is 2.37. The summed E-state index contributed by atoms with van der Waals surface area (Å²) in [6.45, 7) is 7.17. The normalized spacial score (nSPS) is 28.8. The van der Waals surface area contributed by atoms with E-state index in [-0.39, 0.29) is 11.3 Å². The fraction of sp³-hybridized carbons (Fsp3) is 1.00. The monoisotopic (exact) mass is 290 g/mol. The summed E-state index contributed by atoms with van der Waals surface area (Å²) in [5.41, 5.74) is 5.65. The third-order valence-electron chi connectivity index (χ3n) is 4.49. The molecule has 1 aliphatic rings. The molecule has 114 valence electrons. The Kier molecular flexibility index (Phi) is 6.27. The third-order valence-corrected chi connectivity index (χ3v) is 6.61. The lowest BCUT2D eigenvalue weighted by molar-refractivity contribution is 0.120. The first-order valence-electron chi connectivity index (χ1n) is 7.62. The molecule has 1 fully saturated rings. The summed E-state index contributed by atoms with van der Waals surface area (Å²) in [7, 11) is -3.17. The molecule has 0 atom stereocenters. The number of unbranched alkanes of at least 4 members (excludes halogenated alkanes) is 1. The summed E-state index contributed by atoms with van der Waals surface area (Å²) in [6.07, 6.45) is 5.61. The van der Waals surface area contributed by atoms with Crippen LogP contribution in [0, 0.1) is 5.92 Å². The molecule has 5 heteroatoms. The van der Waals surface area contributed by atoms with Gasteiger partial charge in [-0.25, -0.2) is 8.42 Å². The second-order valence-electron chi connectivity index (χ2n) is 5.95. The summed E-state index contributed by atoms with van der Waals surface area (Å²) in [4.78, 5) is 0. The van der Waals surface area contributed by atoms with Gasteiger partial charge in [0.2, 0.25) is 10.0 Å². The molecule has 19 heavy (non-hydrogen) atoms. The molecule has 2 N–H and O–H groups in total. The van der Waals surface area contributed by atoms with Crippen molar-refractivity contribution >= 4 is 10.0 Å². The molecule has 0 aromatic rings. The quantitative estimate of drug-likeness (QED) is 0.783. The Morgan fingerprint density at radius 3 is 2.26 bits per heavy atom. The van der Waals surface area contributed by atoms with Crippen LogP contribution in [0.3, 0.4) is 0 Å². The fourth-order valence-corrected chi connectivity index (χ4v) is 5.23. The molecule has 0 aliphatic heterocycles. The highest BCUT2D eigenvalue weighted by molar-refractivity contribution is 7.89. The molecule has 1 aliphatic carbocycles. The van der Waals surface area contributed by atoms with Crippen LogP contribution in [0.5, 0.6) is 0 Å². The molecule has 0 aromatic carbocycles. The molecule has 0 unspecified atom stereocenters. The predicted octanol–water partition coefficient (Wildman–Crippen LogP) is 2.35. The van der Waals surface area contributed by atoms with Gasteiger partial charge >= 0.3 is 0 Å². The molecular formula is C14H30N2O2S. The summed E-state index contributed by atoms with van der Waals surface area (Å²) in [5, 5.41) is 0. The van der Waals surface area contributed by atoms with Gasteiger partial charge in [0.05, 0.1) is 5.75 Å². The minimum Gasteiger partial charge on any atom is -0.329 e. The Morgan fingerprint density at radius 2 is 1.84 bits per heavy atom. The Morgan fingerprint density at radius 1 is 1.26 bits per heavy atom. The van der Waals surface area contributed by atoms with Gasteiger partial charge in [0.25, 0.3) is 0 Å². The van der Waals surface area contributed by atoms with Gasteiger partial charge in [-0.05, 0) is 38.0 Å². The highest BCUT2D eigenvalue weighted by atomic mass is 32.2. The summed E-state index contributed by atoms with van der Waals surface area (Å²) < 4.78 is 26.8. The summed E-state index contributed by atoms with van der Waals surface area (Å²) in [5.74, 6) is 0.950. The SMILES string of the molecule is CCCCS(=O)(=O)N(CC)C1(CN)CCC(C)CC1. The minimum absolute atomic E-state index is 0.259. The predicted molar refractivity (Wildman–Crippen MR) is 80.5 cm³/mol. The number of nitrogens with zero attached hydrogens (tertiary/aromatic N) is 1. The lowest BCUT2D eigenvalue weighted by atomic mass is 9.77. The van der Waals surface area contributed by atoms with E-state index in [0.29, 0.717) is 19.0 Å². The molecule has 0 spiro atoms. The third kappa shape index (κ3) is 3.92. The molecule has 1 saturated carbocycles. The molecule has 4 nitrogen and oxygen atoms in total. The van der Waals surface area contributed by atoms with Gasteiger partial charge in [-0.1, -0.05) is 27.2 Å². The number of rotatable bonds is 7. The topological polar surface area (TPSA) is 63.4 Å². The molecule has 0 radical (unpaired) electrons. The number of sulfonamides is 1. The first-order chi connectivity index (χ1) is 8.91. The second kappa shape index (κ2) is 7.04. The van der Waals surface area contributed by atoms with Crippen molar-refractivity contribution < 1.29 is 8.42 Å². The van der Waals surface area contributed by atoms with Crippen molar-refractivity contribution in [2.75, 3.05) is 18.8 Å². The Bertz CT molecular complexity index is 360. The second-order valence-corrected chi connectivity index (χ2v) is 7.96. The van der Waals surface area contributed by atoms with E-state index in [1.807, 2.05) is 13.8 Å². The number of hydrogen-bond acceptors (Lipinski definition) is 3. The molecule has 0 bridgehead atoms. The van der Waals surface area contributed by atoms with Crippen LogP contribution in [0.15, 0.2) is 0 Å². The van der Waals surface area contributed by atoms with E-state index in [9.17, 15) is 8.42 Å². The van der Waals surface area contributed by atoms with Gasteiger partial charge in [0.1, 0.15) is 0 Å². The van der Waals surface area contributed by atoms with Crippen LogP contribution in [0.2, 0.25) is 0 Å². The van der Waals surface area contributed by atoms with Crippen LogP contribution in [0.25, 0.3) is 0 Å². The van der Waals surface area contributed by atoms with Crippen LogP contribution < -0.4 is 5.73 Å². The minimum atomic E-state index is -3.17. The van der Waals surface area contributed by atoms with Gasteiger partial charge in [-0.2, -0.15) is 4.31 Å². The average molecular weight is 290 g/mol. The van der Waals surface area contributed by atoms with E-state index in [1.54, 1.807) is 4.31 Å². The standard InChI is InChI=1S/C14H30N2O2S/c1-4-6-11-19(17,18)16(5-2)14(12-15)9-7-13(3)8-10-14/h13H,4-12,15H2,1-3H3. The van der Waals surface area contributed by atoms with Gasteiger partial charge < -0.3 is 5.73 Å². The van der Waals surface area contributed by atoms with Crippen LogP contribution in [0.4, 0.5) is 0 Å². The fourth-order valence-electron chi connectivity index (χ4n) is 3.12. The van der Waals surface area contributed by atoms with E-state index < -0.39 is 10.0 Å². The molecule has 0 amide bonds. The number of nitrogens with two attached hydrogens (primary N) is 1. The molecular weight excluding hydrogens is 260 g/mol. The van der Waals surface area contributed by atoms with Gasteiger partial charge in [-0.15, -0.1) is 0 Å². The Balaban J connectivity index is 2.92. The van der Waals surface area contributed by atoms with E-state index in [0.717, 1.165) is 38.5 Å². The van der Waals surface area contributed by atoms with E-state index in [1.165, 1.54) is 0 Å². The average Bonchev–Trinajstić information content (AvgIpc) is 2.39. The first-order valence-corrected chi connectivity index (χ1v) is 9.23. The lowest BCUT2D eigenvalue weighted by Crippen LogP contribution is -2.58. The maximum absolute atomic E-state index is 12.5.